The minimum atomic E-state index is 0.652. The van der Waals surface area contributed by atoms with Crippen molar-refractivity contribution < 1.29 is 0 Å². The van der Waals surface area contributed by atoms with Gasteiger partial charge in [-0.15, -0.1) is 0 Å². The zero-order valence-corrected chi connectivity index (χ0v) is 12.9. The minimum Gasteiger partial charge on any atom is -0.313 e. The van der Waals surface area contributed by atoms with E-state index in [-0.39, 0.29) is 0 Å². The van der Waals surface area contributed by atoms with Gasteiger partial charge in [0.1, 0.15) is 0 Å². The van der Waals surface area contributed by atoms with Crippen molar-refractivity contribution in [3.8, 4) is 0 Å². The molecule has 0 fully saturated rings. The molecule has 3 unspecified atom stereocenters. The number of hydrogen-bond donors (Lipinski definition) is 1. The number of nitrogens with zero attached hydrogens (tertiary/aromatic N) is 1. The monoisotopic (exact) mass is 242 g/mol. The van der Waals surface area contributed by atoms with E-state index in [2.05, 4.69) is 51.9 Å². The van der Waals surface area contributed by atoms with Crippen LogP contribution in [0.2, 0.25) is 0 Å². The molecule has 3 atom stereocenters. The zero-order chi connectivity index (χ0) is 13.3. The highest BCUT2D eigenvalue weighted by molar-refractivity contribution is 4.84. The first-order chi connectivity index (χ1) is 8.12. The maximum atomic E-state index is 3.67. The van der Waals surface area contributed by atoms with Gasteiger partial charge in [-0.3, -0.25) is 4.90 Å². The molecule has 0 aromatic heterocycles. The van der Waals surface area contributed by atoms with Gasteiger partial charge in [-0.25, -0.2) is 0 Å². The molecule has 0 aliphatic heterocycles. The second-order valence-corrected chi connectivity index (χ2v) is 5.23. The molecule has 0 aromatic carbocycles. The lowest BCUT2D eigenvalue weighted by Crippen LogP contribution is -2.51. The Labute approximate surface area is 109 Å². The summed E-state index contributed by atoms with van der Waals surface area (Å²) < 4.78 is 0. The third kappa shape index (κ3) is 5.87. The van der Waals surface area contributed by atoms with Crippen LogP contribution < -0.4 is 5.32 Å². The first kappa shape index (κ1) is 16.9. The second kappa shape index (κ2) is 9.90. The van der Waals surface area contributed by atoms with Crippen LogP contribution in [0.3, 0.4) is 0 Å². The van der Waals surface area contributed by atoms with Gasteiger partial charge in [-0.1, -0.05) is 40.5 Å². The Morgan fingerprint density at radius 1 is 1.00 bits per heavy atom. The Morgan fingerprint density at radius 2 is 1.59 bits per heavy atom. The second-order valence-electron chi connectivity index (χ2n) is 5.23. The summed E-state index contributed by atoms with van der Waals surface area (Å²) in [5, 5.41) is 3.67. The van der Waals surface area contributed by atoms with E-state index < -0.39 is 0 Å². The molecular weight excluding hydrogens is 208 g/mol. The fourth-order valence-electron chi connectivity index (χ4n) is 2.81. The van der Waals surface area contributed by atoms with Gasteiger partial charge in [-0.05, 0) is 39.8 Å². The first-order valence-electron chi connectivity index (χ1n) is 7.57. The largest absolute Gasteiger partial charge is 0.313 e. The van der Waals surface area contributed by atoms with Crippen LogP contribution in [0.25, 0.3) is 0 Å². The molecule has 1 N–H and O–H groups in total. The average molecular weight is 242 g/mol. The van der Waals surface area contributed by atoms with E-state index in [1.54, 1.807) is 0 Å². The molecule has 0 aliphatic carbocycles. The van der Waals surface area contributed by atoms with Crippen molar-refractivity contribution in [1.29, 1.82) is 0 Å². The molecule has 0 heterocycles. The number of likely N-dealkylation sites (N-methyl/N-ethyl adjacent to an activating group) is 2. The topological polar surface area (TPSA) is 15.3 Å². The lowest BCUT2D eigenvalue weighted by molar-refractivity contribution is 0.131. The summed E-state index contributed by atoms with van der Waals surface area (Å²) in [7, 11) is 2.30. The molecule has 0 saturated heterocycles. The number of hydrogen-bond acceptors (Lipinski definition) is 2. The maximum Gasteiger partial charge on any atom is 0.0246 e. The Balaban J connectivity index is 4.51. The molecule has 0 spiro atoms. The van der Waals surface area contributed by atoms with Gasteiger partial charge in [0.2, 0.25) is 0 Å². The molecule has 0 aliphatic rings. The fourth-order valence-corrected chi connectivity index (χ4v) is 2.81. The summed E-state index contributed by atoms with van der Waals surface area (Å²) in [6.07, 6.45) is 6.38. The summed E-state index contributed by atoms with van der Waals surface area (Å²) in [5.74, 6) is 0. The van der Waals surface area contributed by atoms with Crippen molar-refractivity contribution in [3.63, 3.8) is 0 Å². The van der Waals surface area contributed by atoms with Gasteiger partial charge in [-0.2, -0.15) is 0 Å². The molecule has 0 aromatic rings. The smallest absolute Gasteiger partial charge is 0.0246 e. The minimum absolute atomic E-state index is 0.652. The molecule has 0 bridgehead atoms. The van der Waals surface area contributed by atoms with Crippen LogP contribution in [0.5, 0.6) is 0 Å². The van der Waals surface area contributed by atoms with Gasteiger partial charge in [0.25, 0.3) is 0 Å². The van der Waals surface area contributed by atoms with Gasteiger partial charge in [0, 0.05) is 18.1 Å². The van der Waals surface area contributed by atoms with Crippen molar-refractivity contribution >= 4 is 0 Å². The predicted octanol–water partition coefficient (Wildman–Crippen LogP) is 3.66. The average Bonchev–Trinajstić information content (AvgIpc) is 2.30. The summed E-state index contributed by atoms with van der Waals surface area (Å²) in [6, 6.07) is 2.03. The van der Waals surface area contributed by atoms with E-state index in [4.69, 9.17) is 0 Å². The van der Waals surface area contributed by atoms with Crippen LogP contribution in [-0.4, -0.2) is 36.6 Å². The molecule has 17 heavy (non-hydrogen) atoms. The molecular formula is C15H34N2. The van der Waals surface area contributed by atoms with E-state index >= 15 is 0 Å². The molecule has 0 rings (SSSR count). The SMILES string of the molecule is CCCC(NCC)C(CC)N(C)C(C)CCC. The zero-order valence-electron chi connectivity index (χ0n) is 12.9. The van der Waals surface area contributed by atoms with E-state index in [0.29, 0.717) is 18.1 Å². The molecule has 2 heteroatoms. The summed E-state index contributed by atoms with van der Waals surface area (Å²) in [4.78, 5) is 2.59. The fraction of sp³-hybridized carbons (Fsp3) is 1.00. The standard InChI is InChI=1S/C15H34N2/c1-7-11-13(5)17(6)15(9-3)14(12-8-2)16-10-4/h13-16H,7-12H2,1-6H3. The molecule has 104 valence electrons. The van der Waals surface area contributed by atoms with Gasteiger partial charge < -0.3 is 5.32 Å². The highest BCUT2D eigenvalue weighted by Gasteiger charge is 2.25. The highest BCUT2D eigenvalue weighted by atomic mass is 15.2. The normalized spacial score (nSPS) is 17.1. The lowest BCUT2D eigenvalue weighted by atomic mass is 9.97. The van der Waals surface area contributed by atoms with Crippen LogP contribution in [0, 0.1) is 0 Å². The Hall–Kier alpha value is -0.0800. The molecule has 2 nitrogen and oxygen atoms in total. The van der Waals surface area contributed by atoms with Gasteiger partial charge in [0.05, 0.1) is 0 Å². The van der Waals surface area contributed by atoms with Crippen molar-refractivity contribution in [2.45, 2.75) is 84.8 Å². The quantitative estimate of drug-likeness (QED) is 0.629. The number of rotatable bonds is 10. The third-order valence-corrected chi connectivity index (χ3v) is 3.87. The van der Waals surface area contributed by atoms with Gasteiger partial charge in [0.15, 0.2) is 0 Å². The summed E-state index contributed by atoms with van der Waals surface area (Å²) >= 11 is 0. The lowest BCUT2D eigenvalue weighted by Gasteiger charge is -2.38. The van der Waals surface area contributed by atoms with Crippen molar-refractivity contribution in [2.75, 3.05) is 13.6 Å². The van der Waals surface area contributed by atoms with Gasteiger partial charge >= 0.3 is 0 Å². The van der Waals surface area contributed by atoms with Crippen LogP contribution in [0.1, 0.15) is 66.7 Å². The Kier molecular flexibility index (Phi) is 9.85. The van der Waals surface area contributed by atoms with E-state index in [0.717, 1.165) is 6.54 Å². The maximum absolute atomic E-state index is 3.67. The van der Waals surface area contributed by atoms with E-state index in [1.807, 2.05) is 0 Å². The third-order valence-electron chi connectivity index (χ3n) is 3.87. The van der Waals surface area contributed by atoms with Crippen LogP contribution in [0.4, 0.5) is 0 Å². The van der Waals surface area contributed by atoms with Crippen LogP contribution in [0.15, 0.2) is 0 Å². The van der Waals surface area contributed by atoms with Crippen LogP contribution >= 0.6 is 0 Å². The molecule has 0 amide bonds. The van der Waals surface area contributed by atoms with Crippen molar-refractivity contribution in [3.05, 3.63) is 0 Å². The van der Waals surface area contributed by atoms with Crippen LogP contribution in [-0.2, 0) is 0 Å². The number of nitrogens with one attached hydrogen (secondary N) is 1. The van der Waals surface area contributed by atoms with E-state index in [1.165, 1.54) is 32.1 Å². The Bertz CT molecular complexity index is 164. The highest BCUT2D eigenvalue weighted by Crippen LogP contribution is 2.17. The predicted molar refractivity (Wildman–Crippen MR) is 78.6 cm³/mol. The van der Waals surface area contributed by atoms with Crippen molar-refractivity contribution in [1.82, 2.24) is 10.2 Å². The Morgan fingerprint density at radius 3 is 2.00 bits per heavy atom. The van der Waals surface area contributed by atoms with Crippen molar-refractivity contribution in [2.24, 2.45) is 0 Å². The summed E-state index contributed by atoms with van der Waals surface area (Å²) in [5.41, 5.74) is 0. The summed E-state index contributed by atoms with van der Waals surface area (Å²) in [6.45, 7) is 12.5. The first-order valence-corrected chi connectivity index (χ1v) is 7.57. The molecule has 0 radical (unpaired) electrons. The van der Waals surface area contributed by atoms with E-state index in [9.17, 15) is 0 Å². The molecule has 0 saturated carbocycles.